The number of halogens is 2. The molecule has 0 bridgehead atoms. The molecule has 0 aliphatic carbocycles. The minimum Gasteiger partial charge on any atom is -0.476 e. The van der Waals surface area contributed by atoms with E-state index in [1.54, 1.807) is 19.1 Å². The lowest BCUT2D eigenvalue weighted by Crippen LogP contribution is -2.03. The van der Waals surface area contributed by atoms with Crippen molar-refractivity contribution in [3.05, 3.63) is 39.1 Å². The van der Waals surface area contributed by atoms with Gasteiger partial charge in [0.05, 0.1) is 16.4 Å². The molecule has 0 spiro atoms. The first-order valence-electron chi connectivity index (χ1n) is 5.03. The number of aryl methyl sites for hydroxylation is 1. The van der Waals surface area contributed by atoms with E-state index in [0.717, 1.165) is 5.56 Å². The van der Waals surface area contributed by atoms with Gasteiger partial charge in [0.1, 0.15) is 0 Å². The number of carbonyl (C=O) groups is 1. The number of aromatic nitrogens is 3. The topological polar surface area (TPSA) is 68.0 Å². The zero-order chi connectivity index (χ0) is 13.4. The highest BCUT2D eigenvalue weighted by atomic mass is 35.5. The van der Waals surface area contributed by atoms with Gasteiger partial charge in [-0.3, -0.25) is 0 Å². The predicted molar refractivity (Wildman–Crippen MR) is 67.8 cm³/mol. The summed E-state index contributed by atoms with van der Waals surface area (Å²) >= 11 is 12.1. The highest BCUT2D eigenvalue weighted by Gasteiger charge is 2.18. The third kappa shape index (κ3) is 2.07. The molecular weight excluding hydrogens is 277 g/mol. The van der Waals surface area contributed by atoms with Crippen LogP contribution in [0.1, 0.15) is 21.7 Å². The van der Waals surface area contributed by atoms with Crippen LogP contribution in [0.15, 0.2) is 12.1 Å². The van der Waals surface area contributed by atoms with Crippen molar-refractivity contribution in [1.82, 2.24) is 15.0 Å². The van der Waals surface area contributed by atoms with Crippen molar-refractivity contribution in [3.63, 3.8) is 0 Å². The van der Waals surface area contributed by atoms with Crippen LogP contribution in [0.5, 0.6) is 0 Å². The average molecular weight is 286 g/mol. The molecule has 2 rings (SSSR count). The van der Waals surface area contributed by atoms with E-state index < -0.39 is 5.97 Å². The minimum atomic E-state index is -1.13. The number of hydrogen-bond acceptors (Lipinski definition) is 3. The molecule has 0 aliphatic heterocycles. The lowest BCUT2D eigenvalue weighted by molar-refractivity contribution is 0.0689. The van der Waals surface area contributed by atoms with Crippen LogP contribution in [-0.4, -0.2) is 26.1 Å². The monoisotopic (exact) mass is 285 g/mol. The van der Waals surface area contributed by atoms with E-state index in [4.69, 9.17) is 28.3 Å². The average Bonchev–Trinajstić information content (AvgIpc) is 2.66. The fraction of sp³-hybridized carbons (Fsp3) is 0.182. The van der Waals surface area contributed by atoms with Crippen molar-refractivity contribution in [2.24, 2.45) is 0 Å². The molecule has 7 heteroatoms. The molecule has 2 aromatic rings. The van der Waals surface area contributed by atoms with Gasteiger partial charge in [-0.1, -0.05) is 28.4 Å². The quantitative estimate of drug-likeness (QED) is 0.921. The van der Waals surface area contributed by atoms with E-state index in [-0.39, 0.29) is 5.69 Å². The Morgan fingerprint density at radius 3 is 2.50 bits per heavy atom. The minimum absolute atomic E-state index is 0.109. The van der Waals surface area contributed by atoms with E-state index in [9.17, 15) is 4.79 Å². The molecule has 0 radical (unpaired) electrons. The maximum atomic E-state index is 10.9. The van der Waals surface area contributed by atoms with Crippen LogP contribution in [0.4, 0.5) is 0 Å². The second-order valence-corrected chi connectivity index (χ2v) is 4.61. The maximum Gasteiger partial charge on any atom is 0.358 e. The molecule has 0 aliphatic rings. The van der Waals surface area contributed by atoms with Crippen molar-refractivity contribution in [3.8, 4) is 5.69 Å². The summed E-state index contributed by atoms with van der Waals surface area (Å²) in [5.41, 5.74) is 1.62. The molecular formula is C11H9Cl2N3O2. The Kier molecular flexibility index (Phi) is 3.28. The number of carboxylic acid groups (broad SMARTS) is 1. The van der Waals surface area contributed by atoms with Gasteiger partial charge in [-0.25, -0.2) is 9.48 Å². The molecule has 0 saturated heterocycles. The molecule has 18 heavy (non-hydrogen) atoms. The van der Waals surface area contributed by atoms with Gasteiger partial charge in [-0.15, -0.1) is 5.10 Å². The highest BCUT2D eigenvalue weighted by molar-refractivity contribution is 6.35. The van der Waals surface area contributed by atoms with E-state index in [1.165, 1.54) is 4.68 Å². The van der Waals surface area contributed by atoms with Crippen molar-refractivity contribution < 1.29 is 9.90 Å². The second-order valence-electron chi connectivity index (χ2n) is 3.79. The largest absolute Gasteiger partial charge is 0.476 e. The molecule has 1 heterocycles. The van der Waals surface area contributed by atoms with Crippen LogP contribution >= 0.6 is 23.2 Å². The van der Waals surface area contributed by atoms with Crippen LogP contribution in [-0.2, 0) is 0 Å². The summed E-state index contributed by atoms with van der Waals surface area (Å²) in [5.74, 6) is -1.13. The van der Waals surface area contributed by atoms with Gasteiger partial charge in [0.25, 0.3) is 0 Å². The zero-order valence-electron chi connectivity index (χ0n) is 9.61. The summed E-state index contributed by atoms with van der Waals surface area (Å²) in [7, 11) is 0. The normalized spacial score (nSPS) is 10.7. The summed E-state index contributed by atoms with van der Waals surface area (Å²) in [6.07, 6.45) is 0. The van der Waals surface area contributed by atoms with Gasteiger partial charge >= 0.3 is 5.97 Å². The smallest absolute Gasteiger partial charge is 0.358 e. The molecule has 5 nitrogen and oxygen atoms in total. The van der Waals surface area contributed by atoms with Crippen molar-refractivity contribution >= 4 is 29.2 Å². The van der Waals surface area contributed by atoms with Crippen LogP contribution in [0, 0.1) is 13.8 Å². The standard InChI is InChI=1S/C11H9Cl2N3O2/c1-5-3-8(13)9(4-7(5)12)16-6(2)10(11(17)18)14-15-16/h3-4H,1-2H3,(H,17,18). The SMILES string of the molecule is Cc1cc(Cl)c(-n2nnc(C(=O)O)c2C)cc1Cl. The fourth-order valence-electron chi connectivity index (χ4n) is 1.55. The van der Waals surface area contributed by atoms with Gasteiger partial charge < -0.3 is 5.11 Å². The Morgan fingerprint density at radius 2 is 1.94 bits per heavy atom. The lowest BCUT2D eigenvalue weighted by atomic mass is 10.2. The van der Waals surface area contributed by atoms with Gasteiger partial charge in [0, 0.05) is 5.02 Å². The van der Waals surface area contributed by atoms with Gasteiger partial charge in [-0.05, 0) is 31.5 Å². The van der Waals surface area contributed by atoms with Crippen molar-refractivity contribution in [2.45, 2.75) is 13.8 Å². The number of carboxylic acids is 1. The van der Waals surface area contributed by atoms with E-state index in [0.29, 0.717) is 21.4 Å². The summed E-state index contributed by atoms with van der Waals surface area (Å²) in [6.45, 7) is 3.43. The second kappa shape index (κ2) is 4.59. The van der Waals surface area contributed by atoms with E-state index in [1.807, 2.05) is 6.92 Å². The number of nitrogens with zero attached hydrogens (tertiary/aromatic N) is 3. The Labute approximate surface area is 113 Å². The third-order valence-corrected chi connectivity index (χ3v) is 3.26. The first kappa shape index (κ1) is 12.9. The molecule has 0 fully saturated rings. The molecule has 1 aromatic heterocycles. The maximum absolute atomic E-state index is 10.9. The molecule has 1 aromatic carbocycles. The van der Waals surface area contributed by atoms with E-state index >= 15 is 0 Å². The summed E-state index contributed by atoms with van der Waals surface area (Å²) in [6, 6.07) is 3.33. The van der Waals surface area contributed by atoms with Crippen molar-refractivity contribution in [1.29, 1.82) is 0 Å². The van der Waals surface area contributed by atoms with Gasteiger partial charge in [0.15, 0.2) is 5.69 Å². The Bertz CT molecular complexity index is 637. The van der Waals surface area contributed by atoms with Crippen LogP contribution in [0.25, 0.3) is 5.69 Å². The first-order chi connectivity index (χ1) is 8.41. The van der Waals surface area contributed by atoms with Crippen LogP contribution < -0.4 is 0 Å². The molecule has 0 unspecified atom stereocenters. The number of aromatic carboxylic acids is 1. The summed E-state index contributed by atoms with van der Waals surface area (Å²) in [5, 5.41) is 17.3. The van der Waals surface area contributed by atoms with E-state index in [2.05, 4.69) is 10.3 Å². The van der Waals surface area contributed by atoms with Gasteiger partial charge in [0.2, 0.25) is 0 Å². The van der Waals surface area contributed by atoms with Crippen LogP contribution in [0.3, 0.4) is 0 Å². The lowest BCUT2D eigenvalue weighted by Gasteiger charge is -2.08. The zero-order valence-corrected chi connectivity index (χ0v) is 11.1. The number of benzene rings is 1. The van der Waals surface area contributed by atoms with Crippen LogP contribution in [0.2, 0.25) is 10.0 Å². The van der Waals surface area contributed by atoms with Gasteiger partial charge in [-0.2, -0.15) is 0 Å². The Morgan fingerprint density at radius 1 is 1.28 bits per heavy atom. The fourth-order valence-corrected chi connectivity index (χ4v) is 2.01. The number of rotatable bonds is 2. The molecule has 94 valence electrons. The van der Waals surface area contributed by atoms with Crippen molar-refractivity contribution in [2.75, 3.05) is 0 Å². The summed E-state index contributed by atoms with van der Waals surface area (Å²) in [4.78, 5) is 10.9. The highest BCUT2D eigenvalue weighted by Crippen LogP contribution is 2.28. The predicted octanol–water partition coefficient (Wildman–Crippen LogP) is 2.89. The Hall–Kier alpha value is -1.59. The molecule has 0 amide bonds. The third-order valence-electron chi connectivity index (χ3n) is 2.55. The molecule has 0 atom stereocenters. The molecule has 1 N–H and O–H groups in total. The molecule has 0 saturated carbocycles. The Balaban J connectivity index is 2.63. The first-order valence-corrected chi connectivity index (χ1v) is 5.79. The number of hydrogen-bond donors (Lipinski definition) is 1. The summed E-state index contributed by atoms with van der Waals surface area (Å²) < 4.78 is 1.36.